The van der Waals surface area contributed by atoms with Crippen LogP contribution in [0, 0.1) is 5.82 Å². The molecule has 1 aliphatic rings. The fraction of sp³-hybridized carbons (Fsp3) is 0.391. The average Bonchev–Trinajstić information content (AvgIpc) is 2.77. The predicted octanol–water partition coefficient (Wildman–Crippen LogP) is 4.42. The molecular formula is C23H25F4N3O2S. The molecule has 0 radical (unpaired) electrons. The molecule has 0 saturated carbocycles. The molecule has 1 atom stereocenters. The standard InChI is InChI=1S/C23H25F4N3O2S/c1-16(17-6-2-4-8-19(17)24)33-15-22(32)30-12-10-29(11-13-30)14-21(31)28-20-9-5-3-7-18(20)23(25,26)27/h2-9,16H,10-15H2,1H3,(H,28,31). The van der Waals surface area contributed by atoms with E-state index in [9.17, 15) is 27.2 Å². The Labute approximate surface area is 194 Å². The van der Waals surface area contributed by atoms with Gasteiger partial charge >= 0.3 is 6.18 Å². The molecule has 0 aliphatic carbocycles. The molecule has 1 N–H and O–H groups in total. The van der Waals surface area contributed by atoms with Crippen LogP contribution in [0.4, 0.5) is 23.2 Å². The van der Waals surface area contributed by atoms with Gasteiger partial charge in [-0.2, -0.15) is 13.2 Å². The van der Waals surface area contributed by atoms with Crippen molar-refractivity contribution in [2.75, 3.05) is 43.8 Å². The van der Waals surface area contributed by atoms with E-state index >= 15 is 0 Å². The molecule has 1 unspecified atom stereocenters. The molecular weight excluding hydrogens is 458 g/mol. The average molecular weight is 484 g/mol. The summed E-state index contributed by atoms with van der Waals surface area (Å²) in [4.78, 5) is 28.3. The third kappa shape index (κ3) is 6.94. The highest BCUT2D eigenvalue weighted by Crippen LogP contribution is 2.34. The maximum absolute atomic E-state index is 13.9. The van der Waals surface area contributed by atoms with Crippen LogP contribution in [0.25, 0.3) is 0 Å². The van der Waals surface area contributed by atoms with Crippen LogP contribution in [0.2, 0.25) is 0 Å². The van der Waals surface area contributed by atoms with E-state index in [1.807, 2.05) is 6.92 Å². The lowest BCUT2D eigenvalue weighted by molar-refractivity contribution is -0.137. The zero-order valence-electron chi connectivity index (χ0n) is 18.1. The summed E-state index contributed by atoms with van der Waals surface area (Å²) >= 11 is 1.36. The van der Waals surface area contributed by atoms with Crippen molar-refractivity contribution in [2.24, 2.45) is 0 Å². The lowest BCUT2D eigenvalue weighted by Crippen LogP contribution is -2.51. The summed E-state index contributed by atoms with van der Waals surface area (Å²) in [6.07, 6.45) is -4.56. The summed E-state index contributed by atoms with van der Waals surface area (Å²) in [5, 5.41) is 2.17. The van der Waals surface area contributed by atoms with Crippen LogP contribution in [0.1, 0.15) is 23.3 Å². The molecule has 1 saturated heterocycles. The molecule has 0 spiro atoms. The molecule has 0 bridgehead atoms. The predicted molar refractivity (Wildman–Crippen MR) is 120 cm³/mol. The minimum Gasteiger partial charge on any atom is -0.339 e. The summed E-state index contributed by atoms with van der Waals surface area (Å²) in [5.41, 5.74) is -0.612. The number of hydrogen-bond donors (Lipinski definition) is 1. The Kier molecular flexibility index (Phi) is 8.36. The number of thioether (sulfide) groups is 1. The Morgan fingerprint density at radius 2 is 1.67 bits per heavy atom. The first kappa shape index (κ1) is 25.0. The number of para-hydroxylation sites is 1. The quantitative estimate of drug-likeness (QED) is 0.593. The van der Waals surface area contributed by atoms with E-state index in [4.69, 9.17) is 0 Å². The Balaban J connectivity index is 1.44. The van der Waals surface area contributed by atoms with Gasteiger partial charge in [-0.1, -0.05) is 30.3 Å². The number of nitrogens with zero attached hydrogens (tertiary/aromatic N) is 2. The lowest BCUT2D eigenvalue weighted by atomic mass is 10.1. The Morgan fingerprint density at radius 1 is 1.03 bits per heavy atom. The molecule has 0 aromatic heterocycles. The number of anilines is 1. The van der Waals surface area contributed by atoms with E-state index in [0.29, 0.717) is 31.7 Å². The molecule has 3 rings (SSSR count). The first-order chi connectivity index (χ1) is 15.6. The van der Waals surface area contributed by atoms with E-state index in [1.165, 1.54) is 36.0 Å². The van der Waals surface area contributed by atoms with Crippen molar-refractivity contribution >= 4 is 29.3 Å². The molecule has 178 valence electrons. The van der Waals surface area contributed by atoms with Crippen LogP contribution in [-0.2, 0) is 15.8 Å². The number of alkyl halides is 3. The highest BCUT2D eigenvalue weighted by Gasteiger charge is 2.33. The molecule has 1 fully saturated rings. The summed E-state index contributed by atoms with van der Waals surface area (Å²) in [5.74, 6) is -0.689. The van der Waals surface area contributed by atoms with Gasteiger partial charge < -0.3 is 10.2 Å². The van der Waals surface area contributed by atoms with E-state index in [2.05, 4.69) is 5.32 Å². The molecule has 1 heterocycles. The molecule has 2 amide bonds. The Bertz CT molecular complexity index is 978. The summed E-state index contributed by atoms with van der Waals surface area (Å²) in [6, 6.07) is 11.3. The second kappa shape index (κ2) is 11.0. The monoisotopic (exact) mass is 483 g/mol. The summed E-state index contributed by atoms with van der Waals surface area (Å²) < 4.78 is 53.1. The first-order valence-electron chi connectivity index (χ1n) is 10.5. The number of carbonyl (C=O) groups excluding carboxylic acids is 2. The van der Waals surface area contributed by atoms with E-state index in [-0.39, 0.29) is 35.0 Å². The second-order valence-electron chi connectivity index (χ2n) is 7.72. The summed E-state index contributed by atoms with van der Waals surface area (Å²) in [7, 11) is 0. The zero-order valence-corrected chi connectivity index (χ0v) is 18.9. The van der Waals surface area contributed by atoms with E-state index in [0.717, 1.165) is 6.07 Å². The first-order valence-corrected chi connectivity index (χ1v) is 11.5. The van der Waals surface area contributed by atoms with Gasteiger partial charge in [-0.25, -0.2) is 4.39 Å². The number of nitrogens with one attached hydrogen (secondary N) is 1. The van der Waals surface area contributed by atoms with Gasteiger partial charge in [0.1, 0.15) is 5.82 Å². The van der Waals surface area contributed by atoms with Crippen molar-refractivity contribution in [3.05, 3.63) is 65.5 Å². The summed E-state index contributed by atoms with van der Waals surface area (Å²) in [6.45, 7) is 3.50. The molecule has 5 nitrogen and oxygen atoms in total. The number of amides is 2. The molecule has 33 heavy (non-hydrogen) atoms. The third-order valence-corrected chi connectivity index (χ3v) is 6.57. The SMILES string of the molecule is CC(SCC(=O)N1CCN(CC(=O)Nc2ccccc2C(F)(F)F)CC1)c1ccccc1F. The van der Waals surface area contributed by atoms with Gasteiger partial charge in [0.05, 0.1) is 23.5 Å². The minimum atomic E-state index is -4.56. The number of halogens is 4. The molecule has 2 aromatic rings. The van der Waals surface area contributed by atoms with Crippen LogP contribution in [-0.4, -0.2) is 60.1 Å². The van der Waals surface area contributed by atoms with Crippen molar-refractivity contribution in [2.45, 2.75) is 18.3 Å². The molecule has 1 aliphatic heterocycles. The number of benzene rings is 2. The highest BCUT2D eigenvalue weighted by molar-refractivity contribution is 8.00. The second-order valence-corrected chi connectivity index (χ2v) is 9.05. The van der Waals surface area contributed by atoms with Crippen molar-refractivity contribution in [1.29, 1.82) is 0 Å². The van der Waals surface area contributed by atoms with Gasteiger partial charge in [-0.05, 0) is 25.1 Å². The van der Waals surface area contributed by atoms with Crippen LogP contribution < -0.4 is 5.32 Å². The van der Waals surface area contributed by atoms with Crippen LogP contribution in [0.15, 0.2) is 48.5 Å². The van der Waals surface area contributed by atoms with Gasteiger partial charge in [0, 0.05) is 37.0 Å². The zero-order chi connectivity index (χ0) is 24.0. The molecule has 10 heteroatoms. The highest BCUT2D eigenvalue weighted by atomic mass is 32.2. The number of piperazine rings is 1. The van der Waals surface area contributed by atoms with Gasteiger partial charge in [-0.3, -0.25) is 14.5 Å². The van der Waals surface area contributed by atoms with Gasteiger partial charge in [0.25, 0.3) is 0 Å². The van der Waals surface area contributed by atoms with Gasteiger partial charge in [-0.15, -0.1) is 11.8 Å². The topological polar surface area (TPSA) is 52.7 Å². The van der Waals surface area contributed by atoms with Gasteiger partial charge in [0.2, 0.25) is 11.8 Å². The number of rotatable bonds is 7. The normalized spacial score (nSPS) is 15.8. The lowest BCUT2D eigenvalue weighted by Gasteiger charge is -2.34. The smallest absolute Gasteiger partial charge is 0.339 e. The molecule has 2 aromatic carbocycles. The fourth-order valence-corrected chi connectivity index (χ4v) is 4.52. The van der Waals surface area contributed by atoms with Crippen LogP contribution in [0.3, 0.4) is 0 Å². The Morgan fingerprint density at radius 3 is 2.33 bits per heavy atom. The van der Waals surface area contributed by atoms with Crippen LogP contribution in [0.5, 0.6) is 0 Å². The maximum Gasteiger partial charge on any atom is 0.418 e. The largest absolute Gasteiger partial charge is 0.418 e. The van der Waals surface area contributed by atoms with Crippen molar-refractivity contribution < 1.29 is 27.2 Å². The van der Waals surface area contributed by atoms with E-state index in [1.54, 1.807) is 28.0 Å². The number of carbonyl (C=O) groups is 2. The van der Waals surface area contributed by atoms with E-state index < -0.39 is 17.6 Å². The maximum atomic E-state index is 13.9. The minimum absolute atomic E-state index is 0.0622. The van der Waals surface area contributed by atoms with Crippen molar-refractivity contribution in [3.63, 3.8) is 0 Å². The van der Waals surface area contributed by atoms with Gasteiger partial charge in [0.15, 0.2) is 0 Å². The third-order valence-electron chi connectivity index (χ3n) is 5.40. The van der Waals surface area contributed by atoms with Crippen molar-refractivity contribution in [3.8, 4) is 0 Å². The fourth-order valence-electron chi connectivity index (χ4n) is 3.57. The van der Waals surface area contributed by atoms with Crippen molar-refractivity contribution in [1.82, 2.24) is 9.80 Å². The number of hydrogen-bond acceptors (Lipinski definition) is 4. The van der Waals surface area contributed by atoms with Crippen LogP contribution >= 0.6 is 11.8 Å². The Hall–Kier alpha value is -2.59.